The van der Waals surface area contributed by atoms with Gasteiger partial charge in [0.05, 0.1) is 22.1 Å². The summed E-state index contributed by atoms with van der Waals surface area (Å²) in [6.45, 7) is 4.17. The van der Waals surface area contributed by atoms with Gasteiger partial charge in [0.1, 0.15) is 18.0 Å². The van der Waals surface area contributed by atoms with E-state index in [0.29, 0.717) is 12.3 Å². The quantitative estimate of drug-likeness (QED) is 0.413. The Morgan fingerprint density at radius 1 is 1.12 bits per heavy atom. The zero-order valence-corrected chi connectivity index (χ0v) is 19.4. The van der Waals surface area contributed by atoms with Crippen molar-refractivity contribution in [1.29, 1.82) is 0 Å². The number of aromatic nitrogens is 3. The second kappa shape index (κ2) is 9.70. The Bertz CT molecular complexity index is 1350. The number of nitrogens with one attached hydrogen (secondary N) is 1. The molecule has 0 aliphatic heterocycles. The molecular formula is C25H24N4O3S. The van der Waals surface area contributed by atoms with E-state index < -0.39 is 0 Å². The van der Waals surface area contributed by atoms with Crippen LogP contribution in [0.3, 0.4) is 0 Å². The lowest BCUT2D eigenvalue weighted by Crippen LogP contribution is -2.22. The van der Waals surface area contributed by atoms with Crippen LogP contribution in [-0.2, 0) is 18.4 Å². The molecule has 2 aromatic heterocycles. The fraction of sp³-hybridized carbons (Fsp3) is 0.160. The number of carbonyl (C=O) groups excluding carboxylic acids is 1. The Balaban J connectivity index is 1.41. The van der Waals surface area contributed by atoms with Crippen LogP contribution >= 0.6 is 11.3 Å². The third-order valence-electron chi connectivity index (χ3n) is 5.16. The van der Waals surface area contributed by atoms with Crippen LogP contribution in [0, 0.1) is 13.8 Å². The minimum atomic E-state index is -0.375. The van der Waals surface area contributed by atoms with Crippen LogP contribution in [0.4, 0.5) is 5.69 Å². The molecule has 0 radical (unpaired) electrons. The molecule has 0 saturated carbocycles. The Kier molecular flexibility index (Phi) is 6.55. The summed E-state index contributed by atoms with van der Waals surface area (Å²) >= 11 is 1.59. The smallest absolute Gasteiger partial charge is 0.295 e. The minimum absolute atomic E-state index is 0.261. The highest BCUT2D eigenvalue weighted by Gasteiger charge is 2.17. The third kappa shape index (κ3) is 5.12. The highest BCUT2D eigenvalue weighted by atomic mass is 32.1. The van der Waals surface area contributed by atoms with Crippen LogP contribution in [0.1, 0.15) is 22.0 Å². The Morgan fingerprint density at radius 2 is 1.85 bits per heavy atom. The van der Waals surface area contributed by atoms with Crippen molar-refractivity contribution in [3.63, 3.8) is 0 Å². The van der Waals surface area contributed by atoms with Crippen molar-refractivity contribution >= 4 is 29.0 Å². The highest BCUT2D eigenvalue weighted by Crippen LogP contribution is 2.17. The van der Waals surface area contributed by atoms with Gasteiger partial charge in [0, 0.05) is 18.5 Å². The molecule has 2 heterocycles. The van der Waals surface area contributed by atoms with Gasteiger partial charge in [-0.3, -0.25) is 14.3 Å². The summed E-state index contributed by atoms with van der Waals surface area (Å²) in [6.07, 6.45) is 3.10. The summed E-state index contributed by atoms with van der Waals surface area (Å²) in [5, 5.41) is 5.71. The molecule has 168 valence electrons. The van der Waals surface area contributed by atoms with Crippen LogP contribution in [-0.4, -0.2) is 20.3 Å². The molecule has 0 aliphatic rings. The number of ether oxygens (including phenoxy) is 1. The fourth-order valence-corrected chi connectivity index (χ4v) is 3.95. The molecular weight excluding hydrogens is 436 g/mol. The lowest BCUT2D eigenvalue weighted by atomic mass is 10.2. The van der Waals surface area contributed by atoms with Crippen molar-refractivity contribution in [3.8, 4) is 11.4 Å². The Hall–Kier alpha value is -3.91. The summed E-state index contributed by atoms with van der Waals surface area (Å²) < 4.78 is 9.00. The van der Waals surface area contributed by atoms with Crippen LogP contribution < -0.4 is 15.6 Å². The normalized spacial score (nSPS) is 11.1. The van der Waals surface area contributed by atoms with E-state index in [4.69, 9.17) is 4.74 Å². The molecule has 1 N–H and O–H groups in total. The Labute approximate surface area is 195 Å². The van der Waals surface area contributed by atoms with Crippen LogP contribution in [0.5, 0.6) is 5.75 Å². The zero-order valence-electron chi connectivity index (χ0n) is 18.6. The molecule has 33 heavy (non-hydrogen) atoms. The van der Waals surface area contributed by atoms with Crippen molar-refractivity contribution in [2.45, 2.75) is 20.5 Å². The molecule has 0 bridgehead atoms. The number of aryl methyl sites for hydroxylation is 1. The summed E-state index contributed by atoms with van der Waals surface area (Å²) in [6, 6.07) is 16.7. The van der Waals surface area contributed by atoms with Gasteiger partial charge in [-0.25, -0.2) is 9.67 Å². The first kappa shape index (κ1) is 22.3. The predicted molar refractivity (Wildman–Crippen MR) is 131 cm³/mol. The maximum atomic E-state index is 12.9. The van der Waals surface area contributed by atoms with Gasteiger partial charge in [-0.05, 0) is 49.8 Å². The van der Waals surface area contributed by atoms with Gasteiger partial charge in [-0.1, -0.05) is 30.3 Å². The highest BCUT2D eigenvalue weighted by molar-refractivity contribution is 7.09. The van der Waals surface area contributed by atoms with E-state index in [0.717, 1.165) is 27.7 Å². The monoisotopic (exact) mass is 460 g/mol. The number of hydrogen-bond acceptors (Lipinski definition) is 5. The lowest BCUT2D eigenvalue weighted by molar-refractivity contribution is -0.111. The standard InChI is InChI=1S/C25H24N4O3S/c1-17-24(25(31)29(28(17)3)21-7-5-4-6-8-21)27-23(30)14-11-19-9-12-22(13-10-19)32-15-20-16-33-18(2)26-20/h4-14,16H,15H2,1-3H3,(H,27,30). The van der Waals surface area contributed by atoms with E-state index in [1.165, 1.54) is 10.8 Å². The summed E-state index contributed by atoms with van der Waals surface area (Å²) in [7, 11) is 1.79. The first-order chi connectivity index (χ1) is 15.9. The topological polar surface area (TPSA) is 78.2 Å². The number of hydrogen-bond donors (Lipinski definition) is 1. The summed E-state index contributed by atoms with van der Waals surface area (Å²) in [5.41, 5.74) is 3.13. The second-order valence-electron chi connectivity index (χ2n) is 7.47. The zero-order chi connectivity index (χ0) is 23.4. The lowest BCUT2D eigenvalue weighted by Gasteiger charge is -2.07. The van der Waals surface area contributed by atoms with Gasteiger partial charge in [0.25, 0.3) is 5.56 Å². The SMILES string of the molecule is Cc1nc(COc2ccc(C=CC(=O)Nc3c(C)n(C)n(-c4ccccc4)c3=O)cc2)cs1. The van der Waals surface area contributed by atoms with Gasteiger partial charge in [0.15, 0.2) is 0 Å². The van der Waals surface area contributed by atoms with Gasteiger partial charge in [0.2, 0.25) is 5.91 Å². The van der Waals surface area contributed by atoms with Gasteiger partial charge in [-0.2, -0.15) is 0 Å². The number of thiazole rings is 1. The second-order valence-corrected chi connectivity index (χ2v) is 8.54. The van der Waals surface area contributed by atoms with Crippen molar-refractivity contribution in [2.24, 2.45) is 7.05 Å². The van der Waals surface area contributed by atoms with Crippen LogP contribution in [0.2, 0.25) is 0 Å². The number of para-hydroxylation sites is 1. The van der Waals surface area contributed by atoms with E-state index in [-0.39, 0.29) is 17.2 Å². The van der Waals surface area contributed by atoms with E-state index in [9.17, 15) is 9.59 Å². The largest absolute Gasteiger partial charge is 0.487 e. The number of benzene rings is 2. The van der Waals surface area contributed by atoms with Gasteiger partial charge < -0.3 is 10.1 Å². The van der Waals surface area contributed by atoms with Gasteiger partial charge >= 0.3 is 0 Å². The number of amides is 1. The molecule has 0 spiro atoms. The summed E-state index contributed by atoms with van der Waals surface area (Å²) in [4.78, 5) is 29.8. The number of nitrogens with zero attached hydrogens (tertiary/aromatic N) is 3. The number of rotatable bonds is 7. The maximum Gasteiger partial charge on any atom is 0.295 e. The van der Waals surface area contributed by atoms with Crippen molar-refractivity contribution in [1.82, 2.24) is 14.3 Å². The van der Waals surface area contributed by atoms with Crippen LogP contribution in [0.15, 0.2) is 70.8 Å². The van der Waals surface area contributed by atoms with E-state index in [1.54, 1.807) is 36.1 Å². The van der Waals surface area contributed by atoms with E-state index in [1.807, 2.05) is 66.9 Å². The molecule has 0 fully saturated rings. The fourth-order valence-electron chi connectivity index (χ4n) is 3.36. The van der Waals surface area contributed by atoms with Crippen molar-refractivity contribution < 1.29 is 9.53 Å². The van der Waals surface area contributed by atoms with Crippen LogP contribution in [0.25, 0.3) is 11.8 Å². The number of carbonyl (C=O) groups is 1. The minimum Gasteiger partial charge on any atom is -0.487 e. The first-order valence-electron chi connectivity index (χ1n) is 10.4. The van der Waals surface area contributed by atoms with Crippen molar-refractivity contribution in [3.05, 3.63) is 98.4 Å². The van der Waals surface area contributed by atoms with Crippen molar-refractivity contribution in [2.75, 3.05) is 5.32 Å². The molecule has 0 saturated heterocycles. The average molecular weight is 461 g/mol. The van der Waals surface area contributed by atoms with E-state index >= 15 is 0 Å². The first-order valence-corrected chi connectivity index (χ1v) is 11.3. The summed E-state index contributed by atoms with van der Waals surface area (Å²) in [5.74, 6) is 0.351. The predicted octanol–water partition coefficient (Wildman–Crippen LogP) is 4.48. The maximum absolute atomic E-state index is 12.9. The molecule has 2 aromatic carbocycles. The molecule has 0 unspecified atom stereocenters. The molecule has 8 heteroatoms. The van der Waals surface area contributed by atoms with Gasteiger partial charge in [-0.15, -0.1) is 11.3 Å². The molecule has 0 atom stereocenters. The molecule has 0 aliphatic carbocycles. The third-order valence-corrected chi connectivity index (χ3v) is 5.99. The molecule has 1 amide bonds. The van der Waals surface area contributed by atoms with E-state index in [2.05, 4.69) is 10.3 Å². The molecule has 4 rings (SSSR count). The molecule has 4 aromatic rings. The molecule has 7 nitrogen and oxygen atoms in total. The Morgan fingerprint density at radius 3 is 2.52 bits per heavy atom. The number of anilines is 1. The average Bonchev–Trinajstić information content (AvgIpc) is 3.33.